The Morgan fingerprint density at radius 2 is 2.27 bits per heavy atom. The predicted octanol–water partition coefficient (Wildman–Crippen LogP) is 2.31. The first-order valence-electron chi connectivity index (χ1n) is 7.55. The van der Waals surface area contributed by atoms with Gasteiger partial charge in [-0.2, -0.15) is 0 Å². The van der Waals surface area contributed by atoms with E-state index in [0.717, 1.165) is 24.1 Å². The quantitative estimate of drug-likeness (QED) is 0.901. The molecule has 0 aliphatic carbocycles. The van der Waals surface area contributed by atoms with Gasteiger partial charge in [0.15, 0.2) is 0 Å². The van der Waals surface area contributed by atoms with Gasteiger partial charge in [0.1, 0.15) is 6.04 Å². The second kappa shape index (κ2) is 7.09. The van der Waals surface area contributed by atoms with Crippen LogP contribution in [0.5, 0.6) is 0 Å². The smallest absolute Gasteiger partial charge is 0.326 e. The molecular formula is C15H23N3O3S. The minimum absolute atomic E-state index is 0.131. The summed E-state index contributed by atoms with van der Waals surface area (Å²) in [6.07, 6.45) is 4.55. The molecule has 22 heavy (non-hydrogen) atoms. The predicted molar refractivity (Wildman–Crippen MR) is 85.0 cm³/mol. The van der Waals surface area contributed by atoms with Crippen LogP contribution in [-0.4, -0.2) is 57.6 Å². The lowest BCUT2D eigenvalue weighted by atomic mass is 10.0. The van der Waals surface area contributed by atoms with E-state index in [-0.39, 0.29) is 18.0 Å². The molecule has 2 amide bonds. The van der Waals surface area contributed by atoms with Crippen LogP contribution in [0.4, 0.5) is 4.79 Å². The highest BCUT2D eigenvalue weighted by molar-refractivity contribution is 7.09. The Balaban J connectivity index is 2.08. The van der Waals surface area contributed by atoms with E-state index in [1.165, 1.54) is 4.90 Å². The number of carboxylic acid groups (broad SMARTS) is 1. The minimum Gasteiger partial charge on any atom is -0.480 e. The molecule has 1 aromatic heterocycles. The number of nitrogens with zero attached hydrogens (tertiary/aromatic N) is 3. The van der Waals surface area contributed by atoms with Crippen LogP contribution in [0.25, 0.3) is 0 Å². The summed E-state index contributed by atoms with van der Waals surface area (Å²) in [5.41, 5.74) is 1.79. The lowest BCUT2D eigenvalue weighted by Crippen LogP contribution is -2.52. The van der Waals surface area contributed by atoms with Crippen molar-refractivity contribution in [3.63, 3.8) is 0 Å². The van der Waals surface area contributed by atoms with E-state index in [4.69, 9.17) is 0 Å². The van der Waals surface area contributed by atoms with Crippen molar-refractivity contribution in [1.82, 2.24) is 14.8 Å². The van der Waals surface area contributed by atoms with Crippen molar-refractivity contribution in [2.45, 2.75) is 45.2 Å². The number of aliphatic carboxylic acids is 1. The van der Waals surface area contributed by atoms with Crippen LogP contribution in [0.2, 0.25) is 0 Å². The zero-order valence-corrected chi connectivity index (χ0v) is 14.0. The zero-order chi connectivity index (χ0) is 16.3. The molecule has 1 N–H and O–H groups in total. The summed E-state index contributed by atoms with van der Waals surface area (Å²) < 4.78 is 0. The Labute approximate surface area is 134 Å². The second-order valence-electron chi connectivity index (χ2n) is 6.08. The molecule has 122 valence electrons. The van der Waals surface area contributed by atoms with E-state index < -0.39 is 12.0 Å². The fourth-order valence-corrected chi connectivity index (χ4v) is 3.76. The van der Waals surface area contributed by atoms with Crippen molar-refractivity contribution in [3.8, 4) is 0 Å². The summed E-state index contributed by atoms with van der Waals surface area (Å²) in [5.74, 6) is -1.09. The first-order valence-corrected chi connectivity index (χ1v) is 8.43. The Morgan fingerprint density at radius 3 is 2.82 bits per heavy atom. The van der Waals surface area contributed by atoms with E-state index in [0.29, 0.717) is 6.54 Å². The number of thiazole rings is 1. The van der Waals surface area contributed by atoms with Crippen molar-refractivity contribution in [1.29, 1.82) is 0 Å². The van der Waals surface area contributed by atoms with Gasteiger partial charge in [0.2, 0.25) is 0 Å². The molecule has 1 fully saturated rings. The number of hydrogen-bond acceptors (Lipinski definition) is 4. The minimum atomic E-state index is -0.955. The van der Waals surface area contributed by atoms with E-state index in [9.17, 15) is 14.7 Å². The molecule has 2 rings (SSSR count). The summed E-state index contributed by atoms with van der Waals surface area (Å²) in [4.78, 5) is 32.6. The SMILES string of the molecule is CC(C)[C@@H](C(=O)O)N(C)C(=O)N1CCC[C@@H]1Cc1cncs1. The molecule has 2 atom stereocenters. The lowest BCUT2D eigenvalue weighted by molar-refractivity contribution is -0.143. The highest BCUT2D eigenvalue weighted by Crippen LogP contribution is 2.25. The van der Waals surface area contributed by atoms with Crippen LogP contribution < -0.4 is 0 Å². The Kier molecular flexibility index (Phi) is 5.39. The maximum absolute atomic E-state index is 12.7. The van der Waals surface area contributed by atoms with Crippen LogP contribution in [0.1, 0.15) is 31.6 Å². The second-order valence-corrected chi connectivity index (χ2v) is 7.05. The summed E-state index contributed by atoms with van der Waals surface area (Å²) in [7, 11) is 1.59. The molecular weight excluding hydrogens is 302 g/mol. The van der Waals surface area contributed by atoms with Crippen molar-refractivity contribution in [2.24, 2.45) is 5.92 Å². The Morgan fingerprint density at radius 1 is 1.55 bits per heavy atom. The average Bonchev–Trinajstić information content (AvgIpc) is 3.09. The number of amides is 2. The fraction of sp³-hybridized carbons (Fsp3) is 0.667. The number of rotatable bonds is 5. The van der Waals surface area contributed by atoms with Crippen molar-refractivity contribution in [3.05, 3.63) is 16.6 Å². The van der Waals surface area contributed by atoms with Crippen LogP contribution in [-0.2, 0) is 11.2 Å². The molecule has 0 spiro atoms. The summed E-state index contributed by atoms with van der Waals surface area (Å²) in [5, 5.41) is 9.36. The van der Waals surface area contributed by atoms with Crippen LogP contribution in [0.15, 0.2) is 11.7 Å². The number of carbonyl (C=O) groups is 2. The first-order chi connectivity index (χ1) is 10.4. The number of aromatic nitrogens is 1. The van der Waals surface area contributed by atoms with E-state index in [1.54, 1.807) is 23.9 Å². The van der Waals surface area contributed by atoms with Crippen molar-refractivity contribution >= 4 is 23.3 Å². The monoisotopic (exact) mass is 325 g/mol. The van der Waals surface area contributed by atoms with E-state index >= 15 is 0 Å². The number of carboxylic acids is 1. The van der Waals surface area contributed by atoms with Crippen LogP contribution in [0.3, 0.4) is 0 Å². The van der Waals surface area contributed by atoms with Gasteiger partial charge < -0.3 is 14.9 Å². The summed E-state index contributed by atoms with van der Waals surface area (Å²) in [6, 6.07) is -0.845. The maximum atomic E-state index is 12.7. The molecule has 1 aliphatic heterocycles. The number of likely N-dealkylation sites (N-methyl/N-ethyl adjacent to an activating group) is 1. The van der Waals surface area contributed by atoms with Gasteiger partial charge in [0, 0.05) is 37.1 Å². The largest absolute Gasteiger partial charge is 0.480 e. The standard InChI is InChI=1S/C15H23N3O3S/c1-10(2)13(14(19)20)17(3)15(21)18-6-4-5-11(18)7-12-8-16-9-22-12/h8-11,13H,4-7H2,1-3H3,(H,19,20)/t11-,13+/m1/s1. The molecule has 2 heterocycles. The van der Waals surface area contributed by atoms with Gasteiger partial charge in [0.25, 0.3) is 0 Å². The van der Waals surface area contributed by atoms with Gasteiger partial charge in [0.05, 0.1) is 5.51 Å². The number of urea groups is 1. The van der Waals surface area contributed by atoms with E-state index in [2.05, 4.69) is 4.98 Å². The Hall–Kier alpha value is -1.63. The van der Waals surface area contributed by atoms with Crippen molar-refractivity contribution < 1.29 is 14.7 Å². The molecule has 6 nitrogen and oxygen atoms in total. The summed E-state index contributed by atoms with van der Waals surface area (Å²) >= 11 is 1.59. The molecule has 0 bridgehead atoms. The third-order valence-electron chi connectivity index (χ3n) is 4.15. The normalized spacial score (nSPS) is 19.5. The third kappa shape index (κ3) is 3.58. The van der Waals surface area contributed by atoms with Crippen molar-refractivity contribution in [2.75, 3.05) is 13.6 Å². The average molecular weight is 325 g/mol. The maximum Gasteiger partial charge on any atom is 0.326 e. The van der Waals surface area contributed by atoms with E-state index in [1.807, 2.05) is 24.9 Å². The lowest BCUT2D eigenvalue weighted by Gasteiger charge is -2.34. The topological polar surface area (TPSA) is 73.7 Å². The fourth-order valence-electron chi connectivity index (χ4n) is 3.09. The van der Waals surface area contributed by atoms with Gasteiger partial charge in [-0.1, -0.05) is 13.8 Å². The van der Waals surface area contributed by atoms with Crippen LogP contribution in [0, 0.1) is 5.92 Å². The first kappa shape index (κ1) is 16.7. The van der Waals surface area contributed by atoms with Gasteiger partial charge in [-0.25, -0.2) is 9.59 Å². The molecule has 1 aliphatic rings. The number of carbonyl (C=O) groups excluding carboxylic acids is 1. The molecule has 7 heteroatoms. The van der Waals surface area contributed by atoms with Gasteiger partial charge in [-0.3, -0.25) is 4.98 Å². The molecule has 0 radical (unpaired) electrons. The summed E-state index contributed by atoms with van der Waals surface area (Å²) in [6.45, 7) is 4.33. The highest BCUT2D eigenvalue weighted by atomic mass is 32.1. The number of hydrogen-bond donors (Lipinski definition) is 1. The number of likely N-dealkylation sites (tertiary alicyclic amines) is 1. The van der Waals surface area contributed by atoms with Gasteiger partial charge >= 0.3 is 12.0 Å². The van der Waals surface area contributed by atoms with Gasteiger partial charge in [-0.15, -0.1) is 11.3 Å². The molecule has 1 aromatic rings. The molecule has 1 saturated heterocycles. The Bertz CT molecular complexity index is 518. The zero-order valence-electron chi connectivity index (χ0n) is 13.2. The van der Waals surface area contributed by atoms with Gasteiger partial charge in [-0.05, 0) is 18.8 Å². The highest BCUT2D eigenvalue weighted by Gasteiger charge is 2.36. The molecule has 0 saturated carbocycles. The molecule has 0 unspecified atom stereocenters. The van der Waals surface area contributed by atoms with Crippen LogP contribution >= 0.6 is 11.3 Å². The third-order valence-corrected chi connectivity index (χ3v) is 4.95. The molecule has 0 aromatic carbocycles.